The fourth-order valence-corrected chi connectivity index (χ4v) is 1.12. The first-order valence-corrected chi connectivity index (χ1v) is 4.12. The van der Waals surface area contributed by atoms with Gasteiger partial charge in [-0.25, -0.2) is 9.78 Å². The summed E-state index contributed by atoms with van der Waals surface area (Å²) in [4.78, 5) is 14.8. The van der Waals surface area contributed by atoms with Crippen LogP contribution in [0.2, 0.25) is 0 Å². The van der Waals surface area contributed by atoms with Gasteiger partial charge in [-0.2, -0.15) is 5.26 Å². The summed E-state index contributed by atoms with van der Waals surface area (Å²) in [5.74, 6) is -0.607. The van der Waals surface area contributed by atoms with Crippen LogP contribution in [0.1, 0.15) is 16.1 Å². The molecule has 13 heavy (non-hydrogen) atoms. The van der Waals surface area contributed by atoms with Crippen LogP contribution >= 0.6 is 15.9 Å². The van der Waals surface area contributed by atoms with Crippen LogP contribution in [0.5, 0.6) is 0 Å². The molecule has 0 aliphatic rings. The minimum atomic E-state index is -0.607. The molecule has 0 saturated heterocycles. The lowest BCUT2D eigenvalue weighted by Gasteiger charge is -1.99. The molecule has 1 rings (SSSR count). The van der Waals surface area contributed by atoms with Gasteiger partial charge < -0.3 is 4.74 Å². The molecule has 0 amide bonds. The molecule has 1 aromatic rings. The first-order chi connectivity index (χ1) is 6.19. The van der Waals surface area contributed by atoms with Crippen molar-refractivity contribution in [1.29, 1.82) is 5.26 Å². The zero-order chi connectivity index (χ0) is 9.84. The SMILES string of the molecule is COC(=O)c1ncc(Br)cc1C#N. The molecule has 0 bridgehead atoms. The van der Waals surface area contributed by atoms with Gasteiger partial charge >= 0.3 is 5.97 Å². The van der Waals surface area contributed by atoms with Gasteiger partial charge in [0, 0.05) is 10.7 Å². The van der Waals surface area contributed by atoms with E-state index in [2.05, 4.69) is 25.7 Å². The van der Waals surface area contributed by atoms with Crippen LogP contribution in [-0.2, 0) is 4.74 Å². The standard InChI is InChI=1S/C8H5BrN2O2/c1-13-8(12)7-5(3-10)2-6(9)4-11-7/h2,4H,1H3. The van der Waals surface area contributed by atoms with Gasteiger partial charge in [-0.15, -0.1) is 0 Å². The van der Waals surface area contributed by atoms with Gasteiger partial charge in [-0.05, 0) is 22.0 Å². The van der Waals surface area contributed by atoms with Crippen LogP contribution < -0.4 is 0 Å². The Morgan fingerprint density at radius 2 is 2.46 bits per heavy atom. The van der Waals surface area contributed by atoms with Crippen LogP contribution in [0.25, 0.3) is 0 Å². The van der Waals surface area contributed by atoms with E-state index in [1.54, 1.807) is 0 Å². The lowest BCUT2D eigenvalue weighted by molar-refractivity contribution is 0.0593. The molecule has 0 aliphatic heterocycles. The lowest BCUT2D eigenvalue weighted by atomic mass is 10.2. The molecule has 0 fully saturated rings. The van der Waals surface area contributed by atoms with Crippen molar-refractivity contribution in [3.8, 4) is 6.07 Å². The van der Waals surface area contributed by atoms with Crippen LogP contribution in [-0.4, -0.2) is 18.1 Å². The number of carbonyl (C=O) groups is 1. The third-order valence-corrected chi connectivity index (χ3v) is 1.79. The van der Waals surface area contributed by atoms with Crippen molar-refractivity contribution in [3.63, 3.8) is 0 Å². The average molecular weight is 241 g/mol. The van der Waals surface area contributed by atoms with Gasteiger partial charge in [-0.3, -0.25) is 0 Å². The van der Waals surface area contributed by atoms with Crippen LogP contribution in [0.4, 0.5) is 0 Å². The normalized spacial score (nSPS) is 9.00. The number of rotatable bonds is 1. The summed E-state index contributed by atoms with van der Waals surface area (Å²) in [7, 11) is 1.24. The van der Waals surface area contributed by atoms with Gasteiger partial charge in [0.05, 0.1) is 12.7 Å². The monoisotopic (exact) mass is 240 g/mol. The Kier molecular flexibility index (Phi) is 2.98. The Hall–Kier alpha value is -1.41. The van der Waals surface area contributed by atoms with E-state index in [4.69, 9.17) is 5.26 Å². The molecular weight excluding hydrogens is 236 g/mol. The highest BCUT2D eigenvalue weighted by atomic mass is 79.9. The number of halogens is 1. The summed E-state index contributed by atoms with van der Waals surface area (Å²) in [5.41, 5.74) is 0.231. The molecule has 66 valence electrons. The molecule has 4 nitrogen and oxygen atoms in total. The molecule has 1 heterocycles. The fraction of sp³-hybridized carbons (Fsp3) is 0.125. The van der Waals surface area contributed by atoms with Crippen molar-refractivity contribution < 1.29 is 9.53 Å². The second-order valence-electron chi connectivity index (χ2n) is 2.15. The largest absolute Gasteiger partial charge is 0.464 e. The number of nitriles is 1. The van der Waals surface area contributed by atoms with Crippen molar-refractivity contribution in [2.75, 3.05) is 7.11 Å². The zero-order valence-electron chi connectivity index (χ0n) is 6.74. The minimum Gasteiger partial charge on any atom is -0.464 e. The molecule has 0 N–H and O–H groups in total. The number of pyridine rings is 1. The predicted octanol–water partition coefficient (Wildman–Crippen LogP) is 1.50. The van der Waals surface area contributed by atoms with E-state index in [1.165, 1.54) is 19.4 Å². The summed E-state index contributed by atoms with van der Waals surface area (Å²) in [6.45, 7) is 0. The second-order valence-corrected chi connectivity index (χ2v) is 3.07. The molecule has 0 saturated carbocycles. The summed E-state index contributed by atoms with van der Waals surface area (Å²) >= 11 is 3.14. The van der Waals surface area contributed by atoms with Crippen molar-refractivity contribution in [2.24, 2.45) is 0 Å². The minimum absolute atomic E-state index is 0.0354. The van der Waals surface area contributed by atoms with E-state index < -0.39 is 5.97 Å². The molecule has 0 spiro atoms. The Morgan fingerprint density at radius 3 is 3.00 bits per heavy atom. The fourth-order valence-electron chi connectivity index (χ4n) is 0.784. The van der Waals surface area contributed by atoms with Crippen molar-refractivity contribution in [3.05, 3.63) is 28.0 Å². The van der Waals surface area contributed by atoms with E-state index in [1.807, 2.05) is 6.07 Å². The third-order valence-electron chi connectivity index (χ3n) is 1.35. The maximum atomic E-state index is 11.1. The van der Waals surface area contributed by atoms with Crippen LogP contribution in [0.15, 0.2) is 16.7 Å². The number of carbonyl (C=O) groups excluding carboxylic acids is 1. The number of esters is 1. The second kappa shape index (κ2) is 4.01. The zero-order valence-corrected chi connectivity index (χ0v) is 8.33. The van der Waals surface area contributed by atoms with E-state index in [0.717, 1.165) is 0 Å². The maximum Gasteiger partial charge on any atom is 0.358 e. The molecule has 0 atom stereocenters. The van der Waals surface area contributed by atoms with Crippen LogP contribution in [0.3, 0.4) is 0 Å². The number of methoxy groups -OCH3 is 1. The number of hydrogen-bond donors (Lipinski definition) is 0. The number of hydrogen-bond acceptors (Lipinski definition) is 4. The number of aromatic nitrogens is 1. The Bertz CT molecular complexity index is 384. The van der Waals surface area contributed by atoms with Gasteiger partial charge in [0.25, 0.3) is 0 Å². The highest BCUT2D eigenvalue weighted by molar-refractivity contribution is 9.10. The molecule has 5 heteroatoms. The molecule has 0 unspecified atom stereocenters. The molecule has 1 aromatic heterocycles. The molecular formula is C8H5BrN2O2. The van der Waals surface area contributed by atoms with E-state index in [0.29, 0.717) is 4.47 Å². The average Bonchev–Trinajstić information content (AvgIpc) is 2.16. The summed E-state index contributed by atoms with van der Waals surface area (Å²) in [6, 6.07) is 3.37. The smallest absolute Gasteiger partial charge is 0.358 e. The molecule has 0 radical (unpaired) electrons. The van der Waals surface area contributed by atoms with Crippen molar-refractivity contribution in [2.45, 2.75) is 0 Å². The van der Waals surface area contributed by atoms with E-state index >= 15 is 0 Å². The number of nitrogens with zero attached hydrogens (tertiary/aromatic N) is 2. The van der Waals surface area contributed by atoms with Gasteiger partial charge in [0.2, 0.25) is 0 Å². The van der Waals surface area contributed by atoms with E-state index in [9.17, 15) is 4.79 Å². The summed E-state index contributed by atoms with van der Waals surface area (Å²) in [5, 5.41) is 8.67. The topological polar surface area (TPSA) is 63.0 Å². The third kappa shape index (κ3) is 2.04. The first kappa shape index (κ1) is 9.68. The Balaban J connectivity index is 3.23. The number of ether oxygens (including phenoxy) is 1. The van der Waals surface area contributed by atoms with Crippen LogP contribution in [0, 0.1) is 11.3 Å². The lowest BCUT2D eigenvalue weighted by Crippen LogP contribution is -2.06. The Morgan fingerprint density at radius 1 is 1.77 bits per heavy atom. The predicted molar refractivity (Wildman–Crippen MR) is 48.0 cm³/mol. The highest BCUT2D eigenvalue weighted by Crippen LogP contribution is 2.13. The quantitative estimate of drug-likeness (QED) is 0.699. The maximum absolute atomic E-state index is 11.1. The summed E-state index contributed by atoms with van der Waals surface area (Å²) in [6.07, 6.45) is 1.44. The van der Waals surface area contributed by atoms with E-state index in [-0.39, 0.29) is 11.3 Å². The molecule has 0 aliphatic carbocycles. The Labute approximate surface area is 83.3 Å². The van der Waals surface area contributed by atoms with Crippen molar-refractivity contribution >= 4 is 21.9 Å². The first-order valence-electron chi connectivity index (χ1n) is 3.33. The summed E-state index contributed by atoms with van der Waals surface area (Å²) < 4.78 is 5.10. The van der Waals surface area contributed by atoms with Gasteiger partial charge in [0.15, 0.2) is 5.69 Å². The van der Waals surface area contributed by atoms with Crippen molar-refractivity contribution in [1.82, 2.24) is 4.98 Å². The van der Waals surface area contributed by atoms with Gasteiger partial charge in [0.1, 0.15) is 6.07 Å². The molecule has 0 aromatic carbocycles. The highest BCUT2D eigenvalue weighted by Gasteiger charge is 2.13. The van der Waals surface area contributed by atoms with Gasteiger partial charge in [-0.1, -0.05) is 0 Å².